The Labute approximate surface area is 181 Å². The van der Waals surface area contributed by atoms with E-state index in [1.165, 1.54) is 4.90 Å². The maximum Gasteiger partial charge on any atom is 0.246 e. The van der Waals surface area contributed by atoms with Crippen LogP contribution >= 0.6 is 11.6 Å². The monoisotopic (exact) mass is 425 g/mol. The van der Waals surface area contributed by atoms with Crippen LogP contribution in [0.3, 0.4) is 0 Å². The Morgan fingerprint density at radius 1 is 0.900 bits per heavy atom. The molecule has 4 rings (SSSR count). The number of hydrogen-bond donors (Lipinski definition) is 0. The van der Waals surface area contributed by atoms with Crippen LogP contribution in [0.5, 0.6) is 0 Å². The van der Waals surface area contributed by atoms with Crippen LogP contribution in [0.15, 0.2) is 54.6 Å². The number of benzene rings is 2. The second kappa shape index (κ2) is 8.88. The molecule has 2 aromatic rings. The highest BCUT2D eigenvalue weighted by Gasteiger charge is 2.40. The van der Waals surface area contributed by atoms with Crippen molar-refractivity contribution in [2.24, 2.45) is 0 Å². The minimum Gasteiger partial charge on any atom is -0.368 e. The maximum atomic E-state index is 13.4. The van der Waals surface area contributed by atoms with Crippen LogP contribution in [0, 0.1) is 0 Å². The number of anilines is 1. The molecule has 2 aromatic carbocycles. The van der Waals surface area contributed by atoms with Crippen LogP contribution in [-0.4, -0.2) is 59.7 Å². The molecule has 0 aliphatic carbocycles. The fourth-order valence-corrected chi connectivity index (χ4v) is 4.32. The van der Waals surface area contributed by atoms with Gasteiger partial charge in [-0.05, 0) is 23.8 Å². The molecule has 1 atom stereocenters. The zero-order valence-corrected chi connectivity index (χ0v) is 17.4. The van der Waals surface area contributed by atoms with E-state index in [0.29, 0.717) is 37.6 Å². The van der Waals surface area contributed by atoms with Gasteiger partial charge in [-0.25, -0.2) is 0 Å². The first-order valence-corrected chi connectivity index (χ1v) is 10.6. The second-order valence-electron chi connectivity index (χ2n) is 7.66. The van der Waals surface area contributed by atoms with E-state index in [9.17, 15) is 14.4 Å². The lowest BCUT2D eigenvalue weighted by Crippen LogP contribution is -2.56. The van der Waals surface area contributed by atoms with Gasteiger partial charge in [0.15, 0.2) is 0 Å². The zero-order valence-electron chi connectivity index (χ0n) is 16.7. The Morgan fingerprint density at radius 2 is 1.57 bits per heavy atom. The highest BCUT2D eigenvalue weighted by atomic mass is 35.5. The maximum absolute atomic E-state index is 13.4. The van der Waals surface area contributed by atoms with Gasteiger partial charge >= 0.3 is 0 Å². The zero-order chi connectivity index (χ0) is 21.1. The van der Waals surface area contributed by atoms with Gasteiger partial charge in [0.1, 0.15) is 6.04 Å². The minimum absolute atomic E-state index is 0.159. The second-order valence-corrected chi connectivity index (χ2v) is 8.09. The van der Waals surface area contributed by atoms with Crippen molar-refractivity contribution in [1.29, 1.82) is 0 Å². The lowest BCUT2D eigenvalue weighted by molar-refractivity contribution is -0.150. The molecule has 7 heteroatoms. The smallest absolute Gasteiger partial charge is 0.246 e. The largest absolute Gasteiger partial charge is 0.368 e. The van der Waals surface area contributed by atoms with Gasteiger partial charge in [0.2, 0.25) is 17.7 Å². The molecule has 0 N–H and O–H groups in total. The van der Waals surface area contributed by atoms with Crippen molar-refractivity contribution in [3.63, 3.8) is 0 Å². The van der Waals surface area contributed by atoms with E-state index in [4.69, 9.17) is 11.6 Å². The topological polar surface area (TPSA) is 60.9 Å². The first-order valence-electron chi connectivity index (χ1n) is 10.2. The van der Waals surface area contributed by atoms with Gasteiger partial charge in [0.05, 0.1) is 0 Å². The van der Waals surface area contributed by atoms with E-state index in [1.807, 2.05) is 54.6 Å². The predicted molar refractivity (Wildman–Crippen MR) is 115 cm³/mol. The fraction of sp³-hybridized carbons (Fsp3) is 0.348. The van der Waals surface area contributed by atoms with Crippen LogP contribution in [0.25, 0.3) is 0 Å². The summed E-state index contributed by atoms with van der Waals surface area (Å²) in [6.45, 7) is 2.41. The predicted octanol–water partition coefficient (Wildman–Crippen LogP) is 2.75. The van der Waals surface area contributed by atoms with Crippen LogP contribution in [0.4, 0.5) is 5.69 Å². The summed E-state index contributed by atoms with van der Waals surface area (Å²) in [5.41, 5.74) is 1.96. The van der Waals surface area contributed by atoms with E-state index in [2.05, 4.69) is 4.90 Å². The van der Waals surface area contributed by atoms with Gasteiger partial charge in [-0.15, -0.1) is 0 Å². The highest BCUT2D eigenvalue weighted by Crippen LogP contribution is 2.23. The number of halogens is 1. The molecule has 0 aromatic heterocycles. The summed E-state index contributed by atoms with van der Waals surface area (Å²) in [7, 11) is 0. The summed E-state index contributed by atoms with van der Waals surface area (Å²) < 4.78 is 0. The molecule has 2 saturated heterocycles. The van der Waals surface area contributed by atoms with Gasteiger partial charge in [-0.1, -0.05) is 48.0 Å². The summed E-state index contributed by atoms with van der Waals surface area (Å²) >= 11 is 6.10. The molecule has 0 bridgehead atoms. The number of hydrogen-bond acceptors (Lipinski definition) is 4. The third kappa shape index (κ3) is 4.33. The standard InChI is InChI=1S/C23H24ClN3O3/c24-18-7-4-8-19(16-18)25-11-13-26(14-12-25)23(30)20(15-17-5-2-1-3-6-17)27-21(28)9-10-22(27)29/h1-8,16,20H,9-15H2. The van der Waals surface area contributed by atoms with Crippen molar-refractivity contribution in [3.05, 3.63) is 65.2 Å². The number of piperazine rings is 1. The Kier molecular flexibility index (Phi) is 6.04. The Hall–Kier alpha value is -2.86. The first kappa shape index (κ1) is 20.4. The normalized spacial score (nSPS) is 18.1. The molecule has 156 valence electrons. The number of nitrogens with zero attached hydrogens (tertiary/aromatic N) is 3. The number of rotatable bonds is 5. The average Bonchev–Trinajstić information content (AvgIpc) is 3.10. The molecular weight excluding hydrogens is 402 g/mol. The quantitative estimate of drug-likeness (QED) is 0.691. The van der Waals surface area contributed by atoms with Crippen molar-refractivity contribution >= 4 is 35.0 Å². The molecule has 30 heavy (non-hydrogen) atoms. The van der Waals surface area contributed by atoms with E-state index in [1.54, 1.807) is 4.90 Å². The number of imide groups is 1. The lowest BCUT2D eigenvalue weighted by atomic mass is 10.0. The molecule has 0 spiro atoms. The van der Waals surface area contributed by atoms with Crippen molar-refractivity contribution in [2.45, 2.75) is 25.3 Å². The summed E-state index contributed by atoms with van der Waals surface area (Å²) in [6.07, 6.45) is 0.700. The summed E-state index contributed by atoms with van der Waals surface area (Å²) in [5, 5.41) is 0.681. The van der Waals surface area contributed by atoms with Crippen LogP contribution < -0.4 is 4.90 Å². The molecule has 6 nitrogen and oxygen atoms in total. The molecule has 2 aliphatic heterocycles. The van der Waals surface area contributed by atoms with E-state index in [-0.39, 0.29) is 30.6 Å². The fourth-order valence-electron chi connectivity index (χ4n) is 4.14. The van der Waals surface area contributed by atoms with E-state index >= 15 is 0 Å². The van der Waals surface area contributed by atoms with Gasteiger partial charge < -0.3 is 9.80 Å². The molecule has 3 amide bonds. The Bertz CT molecular complexity index is 926. The number of carbonyl (C=O) groups is 3. The SMILES string of the molecule is O=C(C(Cc1ccccc1)N1C(=O)CCC1=O)N1CCN(c2cccc(Cl)c2)CC1. The van der Waals surface area contributed by atoms with Crippen LogP contribution in [-0.2, 0) is 20.8 Å². The molecule has 2 aliphatic rings. The molecule has 0 radical (unpaired) electrons. The number of amides is 3. The van der Waals surface area contributed by atoms with Gasteiger partial charge in [0.25, 0.3) is 0 Å². The Balaban J connectivity index is 1.49. The molecule has 0 saturated carbocycles. The van der Waals surface area contributed by atoms with Gasteiger partial charge in [0, 0.05) is 56.2 Å². The van der Waals surface area contributed by atoms with E-state index in [0.717, 1.165) is 11.3 Å². The molecule has 2 fully saturated rings. The Morgan fingerprint density at radius 3 is 2.20 bits per heavy atom. The highest BCUT2D eigenvalue weighted by molar-refractivity contribution is 6.30. The van der Waals surface area contributed by atoms with E-state index < -0.39 is 6.04 Å². The van der Waals surface area contributed by atoms with Crippen LogP contribution in [0.2, 0.25) is 5.02 Å². The summed E-state index contributed by atoms with van der Waals surface area (Å²) in [6, 6.07) is 16.4. The van der Waals surface area contributed by atoms with Crippen molar-refractivity contribution in [3.8, 4) is 0 Å². The number of carbonyl (C=O) groups excluding carboxylic acids is 3. The van der Waals surface area contributed by atoms with Gasteiger partial charge in [-0.3, -0.25) is 19.3 Å². The van der Waals surface area contributed by atoms with Crippen LogP contribution in [0.1, 0.15) is 18.4 Å². The summed E-state index contributed by atoms with van der Waals surface area (Å²) in [4.78, 5) is 43.3. The van der Waals surface area contributed by atoms with Crippen molar-refractivity contribution in [2.75, 3.05) is 31.1 Å². The third-order valence-electron chi connectivity index (χ3n) is 5.72. The first-order chi connectivity index (χ1) is 14.5. The molecule has 1 unspecified atom stereocenters. The average molecular weight is 426 g/mol. The minimum atomic E-state index is -0.785. The lowest BCUT2D eigenvalue weighted by Gasteiger charge is -2.39. The summed E-state index contributed by atoms with van der Waals surface area (Å²) in [5.74, 6) is -0.674. The van der Waals surface area contributed by atoms with Crippen molar-refractivity contribution < 1.29 is 14.4 Å². The van der Waals surface area contributed by atoms with Gasteiger partial charge in [-0.2, -0.15) is 0 Å². The van der Waals surface area contributed by atoms with Crippen molar-refractivity contribution in [1.82, 2.24) is 9.80 Å². The number of likely N-dealkylation sites (tertiary alicyclic amines) is 1. The molecular formula is C23H24ClN3O3. The third-order valence-corrected chi connectivity index (χ3v) is 5.96. The molecule has 2 heterocycles.